The molecule has 0 atom stereocenters. The highest BCUT2D eigenvalue weighted by atomic mass is 32.1. The van der Waals surface area contributed by atoms with Gasteiger partial charge in [-0.1, -0.05) is 13.5 Å². The molecule has 2 amide bonds. The van der Waals surface area contributed by atoms with E-state index in [1.807, 2.05) is 32.0 Å². The maximum absolute atomic E-state index is 14.8. The lowest BCUT2D eigenvalue weighted by atomic mass is 9.85. The number of likely N-dealkylation sites (tertiary alicyclic amines) is 1. The van der Waals surface area contributed by atoms with Crippen molar-refractivity contribution in [3.8, 4) is 11.3 Å². The van der Waals surface area contributed by atoms with Crippen LogP contribution in [0.1, 0.15) is 51.5 Å². The van der Waals surface area contributed by atoms with Crippen molar-refractivity contribution in [3.63, 3.8) is 0 Å². The van der Waals surface area contributed by atoms with Crippen molar-refractivity contribution in [2.45, 2.75) is 39.3 Å². The van der Waals surface area contributed by atoms with Gasteiger partial charge >= 0.3 is 0 Å². The minimum absolute atomic E-state index is 0. The van der Waals surface area contributed by atoms with Crippen molar-refractivity contribution >= 4 is 40.5 Å². The summed E-state index contributed by atoms with van der Waals surface area (Å²) in [7, 11) is 5.42. The largest absolute Gasteiger partial charge is 0.358 e. The van der Waals surface area contributed by atoms with Gasteiger partial charge in [0.1, 0.15) is 17.2 Å². The van der Waals surface area contributed by atoms with Gasteiger partial charge in [0.05, 0.1) is 28.4 Å². The van der Waals surface area contributed by atoms with Gasteiger partial charge in [-0.15, -0.1) is 11.3 Å². The number of piperidine rings is 1. The predicted octanol–water partition coefficient (Wildman–Crippen LogP) is 5.80. The molecule has 240 valence electrons. The number of nitrogens with one attached hydrogen (secondary N) is 2. The Bertz CT molecular complexity index is 1790. The monoisotopic (exact) mass is 645 g/mol. The molecule has 46 heavy (non-hydrogen) atoms. The number of thiophene rings is 1. The summed E-state index contributed by atoms with van der Waals surface area (Å²) in [6.45, 7) is 3.06. The van der Waals surface area contributed by atoms with Crippen molar-refractivity contribution in [2.75, 3.05) is 39.5 Å². The quantitative estimate of drug-likeness (QED) is 0.275. The summed E-state index contributed by atoms with van der Waals surface area (Å²) < 4.78 is 29.6. The molecule has 4 heterocycles. The van der Waals surface area contributed by atoms with Gasteiger partial charge in [-0.25, -0.2) is 18.7 Å². The Morgan fingerprint density at radius 2 is 1.72 bits per heavy atom. The number of aryl methyl sites for hydroxylation is 1. The van der Waals surface area contributed by atoms with E-state index in [0.717, 1.165) is 16.0 Å². The number of carbonyl (C=O) groups excluding carboxylic acids is 2. The Kier molecular flexibility index (Phi) is 9.32. The fourth-order valence-corrected chi connectivity index (χ4v) is 7.06. The Balaban J connectivity index is 0.00000417. The number of aliphatic imine (C=N–C) groups is 1. The highest BCUT2D eigenvalue weighted by Gasteiger charge is 2.43. The second-order valence-electron chi connectivity index (χ2n) is 11.4. The molecular weight excluding hydrogens is 608 g/mol. The standard InChI is InChI=1S/C33H33F2N7O2S.CH4/c1-19-16-23-27-21(17-37-28(29(23)45-19)26-24(34)6-5-7-25(26)35)18-38-32(40-27)39-22-10-8-20(9-11-22)30(43)42-14-12-33(13-15-42,41(3)4)31(44)36-2;/h5-11,16,18H,12-15,17H2,1-4H3,(H,36,44)(H,38,39,40);1H4. The normalized spacial score (nSPS) is 15.2. The highest BCUT2D eigenvalue weighted by molar-refractivity contribution is 7.14. The molecule has 0 radical (unpaired) electrons. The minimum Gasteiger partial charge on any atom is -0.358 e. The van der Waals surface area contributed by atoms with Crippen LogP contribution in [-0.2, 0) is 11.3 Å². The van der Waals surface area contributed by atoms with Gasteiger partial charge in [-0.2, -0.15) is 0 Å². The van der Waals surface area contributed by atoms with E-state index >= 15 is 0 Å². The molecule has 2 N–H and O–H groups in total. The van der Waals surface area contributed by atoms with Crippen LogP contribution < -0.4 is 10.6 Å². The summed E-state index contributed by atoms with van der Waals surface area (Å²) in [6, 6.07) is 12.8. The van der Waals surface area contributed by atoms with Gasteiger partial charge in [-0.05, 0) is 76.3 Å². The maximum atomic E-state index is 14.8. The first-order chi connectivity index (χ1) is 21.6. The predicted molar refractivity (Wildman–Crippen MR) is 178 cm³/mol. The molecule has 0 aliphatic carbocycles. The second-order valence-corrected chi connectivity index (χ2v) is 12.7. The molecular formula is C34H37F2N7O2S. The van der Waals surface area contributed by atoms with Crippen LogP contribution in [0.2, 0.25) is 0 Å². The van der Waals surface area contributed by atoms with Crippen LogP contribution in [0.3, 0.4) is 0 Å². The van der Waals surface area contributed by atoms with Gasteiger partial charge < -0.3 is 15.5 Å². The number of hydrogen-bond donors (Lipinski definition) is 2. The van der Waals surface area contributed by atoms with Crippen LogP contribution >= 0.6 is 11.3 Å². The first-order valence-corrected chi connectivity index (χ1v) is 15.4. The van der Waals surface area contributed by atoms with E-state index in [-0.39, 0.29) is 37.1 Å². The fourth-order valence-electron chi connectivity index (χ4n) is 6.03. The van der Waals surface area contributed by atoms with Crippen LogP contribution in [-0.4, -0.2) is 77.1 Å². The number of anilines is 2. The second kappa shape index (κ2) is 13.1. The SMILES string of the molecule is C.CNC(=O)C1(N(C)C)CCN(C(=O)c2ccc(Nc3ncc4c(n3)-c3cc(C)sc3C(c3c(F)cccc3F)=NC4)cc2)CC1. The van der Waals surface area contributed by atoms with Crippen LogP contribution in [0.4, 0.5) is 20.4 Å². The van der Waals surface area contributed by atoms with Gasteiger partial charge in [0.15, 0.2) is 0 Å². The zero-order chi connectivity index (χ0) is 31.9. The number of carbonyl (C=O) groups is 2. The Labute approximate surface area is 271 Å². The molecule has 0 bridgehead atoms. The van der Waals surface area contributed by atoms with Crippen LogP contribution in [0.15, 0.2) is 59.7 Å². The average Bonchev–Trinajstić information content (AvgIpc) is 3.37. The summed E-state index contributed by atoms with van der Waals surface area (Å²) in [5, 5.41) is 5.97. The topological polar surface area (TPSA) is 103 Å². The molecule has 4 aromatic rings. The lowest BCUT2D eigenvalue weighted by Gasteiger charge is -2.44. The number of nitrogens with zero attached hydrogens (tertiary/aromatic N) is 5. The van der Waals surface area contributed by atoms with Gasteiger partial charge in [-0.3, -0.25) is 19.5 Å². The maximum Gasteiger partial charge on any atom is 0.253 e. The Morgan fingerprint density at radius 1 is 1.04 bits per heavy atom. The molecule has 0 spiro atoms. The molecule has 6 rings (SSSR count). The number of likely N-dealkylation sites (N-methyl/N-ethyl adjacent to an activating group) is 2. The van der Waals surface area contributed by atoms with Gasteiger partial charge in [0.25, 0.3) is 5.91 Å². The molecule has 2 aromatic heterocycles. The van der Waals surface area contributed by atoms with Crippen LogP contribution in [0.5, 0.6) is 0 Å². The van der Waals surface area contributed by atoms with E-state index in [4.69, 9.17) is 4.98 Å². The van der Waals surface area contributed by atoms with Crippen molar-refractivity contribution in [2.24, 2.45) is 4.99 Å². The summed E-state index contributed by atoms with van der Waals surface area (Å²) in [6.07, 6.45) is 2.77. The molecule has 2 aromatic carbocycles. The molecule has 9 nitrogen and oxygen atoms in total. The lowest BCUT2D eigenvalue weighted by molar-refractivity contribution is -0.134. The van der Waals surface area contributed by atoms with E-state index in [9.17, 15) is 18.4 Å². The zero-order valence-corrected chi connectivity index (χ0v) is 26.3. The summed E-state index contributed by atoms with van der Waals surface area (Å²) in [5.74, 6) is -1.12. The summed E-state index contributed by atoms with van der Waals surface area (Å²) in [4.78, 5) is 45.1. The van der Waals surface area contributed by atoms with Crippen molar-refractivity contribution in [1.29, 1.82) is 0 Å². The average molecular weight is 646 g/mol. The number of rotatable bonds is 6. The van der Waals surface area contributed by atoms with Crippen molar-refractivity contribution in [1.82, 2.24) is 25.1 Å². The third kappa shape index (κ3) is 5.90. The molecule has 0 saturated carbocycles. The lowest BCUT2D eigenvalue weighted by Crippen LogP contribution is -2.61. The molecule has 0 unspecified atom stereocenters. The molecule has 2 aliphatic rings. The third-order valence-electron chi connectivity index (χ3n) is 8.57. The van der Waals surface area contributed by atoms with E-state index in [1.165, 1.54) is 29.5 Å². The number of aromatic nitrogens is 2. The summed E-state index contributed by atoms with van der Waals surface area (Å²) >= 11 is 1.41. The van der Waals surface area contributed by atoms with Crippen LogP contribution in [0, 0.1) is 18.6 Å². The molecule has 12 heteroatoms. The number of benzene rings is 2. The number of fused-ring (bicyclic) bond motifs is 3. The molecule has 2 aliphatic heterocycles. The van der Waals surface area contributed by atoms with Gasteiger partial charge in [0, 0.05) is 53.6 Å². The number of halogens is 2. The first kappa shape index (κ1) is 32.8. The number of amides is 2. The van der Waals surface area contributed by atoms with E-state index in [1.54, 1.807) is 42.4 Å². The van der Waals surface area contributed by atoms with Gasteiger partial charge in [0.2, 0.25) is 11.9 Å². The van der Waals surface area contributed by atoms with Crippen molar-refractivity contribution < 1.29 is 18.4 Å². The minimum atomic E-state index is -0.669. The first-order valence-electron chi connectivity index (χ1n) is 14.6. The van der Waals surface area contributed by atoms with Crippen molar-refractivity contribution in [3.05, 3.63) is 92.8 Å². The Hall–Kier alpha value is -4.55. The van der Waals surface area contributed by atoms with E-state index in [0.29, 0.717) is 53.7 Å². The molecule has 1 fully saturated rings. The third-order valence-corrected chi connectivity index (χ3v) is 9.63. The number of hydrogen-bond acceptors (Lipinski definition) is 8. The highest BCUT2D eigenvalue weighted by Crippen LogP contribution is 2.38. The van der Waals surface area contributed by atoms with E-state index in [2.05, 4.69) is 20.6 Å². The molecule has 1 saturated heterocycles. The summed E-state index contributed by atoms with van der Waals surface area (Å²) in [5.41, 5.74) is 2.85. The fraction of sp³-hybridized carbons (Fsp3) is 0.324. The van der Waals surface area contributed by atoms with E-state index < -0.39 is 17.2 Å². The zero-order valence-electron chi connectivity index (χ0n) is 25.4. The smallest absolute Gasteiger partial charge is 0.253 e. The Morgan fingerprint density at radius 3 is 2.35 bits per heavy atom. The van der Waals surface area contributed by atoms with Crippen LogP contribution in [0.25, 0.3) is 11.3 Å².